The zero-order chi connectivity index (χ0) is 17.1. The largest absolute Gasteiger partial charge is 0.326 e. The van der Waals surface area contributed by atoms with E-state index in [4.69, 9.17) is 11.6 Å². The standard InChI is InChI=1S/C16H13ClN4O2S/c1-2-15(22)18-10-4-5-11(17)13(8-10)19-16(23)9-3-6-12-14(7-9)21-24-20-12/h3-8H,2H2,1H3,(H,18,22)(H,19,23). The molecule has 0 aliphatic rings. The van der Waals surface area contributed by atoms with Crippen LogP contribution >= 0.6 is 23.3 Å². The molecule has 3 aromatic rings. The maximum Gasteiger partial charge on any atom is 0.255 e. The van der Waals surface area contributed by atoms with Gasteiger partial charge < -0.3 is 10.6 Å². The fourth-order valence-electron chi connectivity index (χ4n) is 2.07. The minimum absolute atomic E-state index is 0.115. The number of aromatic nitrogens is 2. The Bertz CT molecular complexity index is 925. The Labute approximate surface area is 147 Å². The van der Waals surface area contributed by atoms with Gasteiger partial charge in [-0.25, -0.2) is 0 Å². The number of hydrogen-bond donors (Lipinski definition) is 2. The van der Waals surface area contributed by atoms with E-state index in [1.807, 2.05) is 0 Å². The molecular formula is C16H13ClN4O2S. The Balaban J connectivity index is 1.82. The average molecular weight is 361 g/mol. The van der Waals surface area contributed by atoms with E-state index < -0.39 is 0 Å². The van der Waals surface area contributed by atoms with Crippen LogP contribution in [0.1, 0.15) is 23.7 Å². The molecule has 0 radical (unpaired) electrons. The van der Waals surface area contributed by atoms with Crippen LogP contribution in [0.4, 0.5) is 11.4 Å². The van der Waals surface area contributed by atoms with Gasteiger partial charge in [0.15, 0.2) is 0 Å². The lowest BCUT2D eigenvalue weighted by atomic mass is 10.2. The van der Waals surface area contributed by atoms with Crippen molar-refractivity contribution in [3.8, 4) is 0 Å². The monoisotopic (exact) mass is 360 g/mol. The first-order valence-corrected chi connectivity index (χ1v) is 8.30. The van der Waals surface area contributed by atoms with Crippen LogP contribution in [0.3, 0.4) is 0 Å². The number of halogens is 1. The number of hydrogen-bond acceptors (Lipinski definition) is 5. The van der Waals surface area contributed by atoms with Crippen LogP contribution in [-0.2, 0) is 4.79 Å². The first kappa shape index (κ1) is 16.4. The molecule has 122 valence electrons. The number of amides is 2. The Kier molecular flexibility index (Phi) is 4.73. The van der Waals surface area contributed by atoms with Crippen molar-refractivity contribution in [2.24, 2.45) is 0 Å². The second kappa shape index (κ2) is 6.94. The molecule has 0 saturated carbocycles. The van der Waals surface area contributed by atoms with Crippen LogP contribution in [0, 0.1) is 0 Å². The average Bonchev–Trinajstić information content (AvgIpc) is 3.05. The zero-order valence-corrected chi connectivity index (χ0v) is 14.2. The van der Waals surface area contributed by atoms with Gasteiger partial charge in [0.1, 0.15) is 11.0 Å². The van der Waals surface area contributed by atoms with E-state index in [0.717, 1.165) is 17.2 Å². The second-order valence-electron chi connectivity index (χ2n) is 5.02. The number of benzene rings is 2. The second-order valence-corrected chi connectivity index (χ2v) is 5.95. The van der Waals surface area contributed by atoms with E-state index >= 15 is 0 Å². The molecule has 0 spiro atoms. The number of anilines is 2. The van der Waals surface area contributed by atoms with Crippen molar-refractivity contribution in [3.63, 3.8) is 0 Å². The van der Waals surface area contributed by atoms with Crippen molar-refractivity contribution in [3.05, 3.63) is 47.0 Å². The topological polar surface area (TPSA) is 84.0 Å². The van der Waals surface area contributed by atoms with E-state index in [1.165, 1.54) is 0 Å². The summed E-state index contributed by atoms with van der Waals surface area (Å²) in [6, 6.07) is 10.0. The van der Waals surface area contributed by atoms with Gasteiger partial charge in [0.25, 0.3) is 5.91 Å². The molecule has 0 aliphatic carbocycles. The molecule has 24 heavy (non-hydrogen) atoms. The lowest BCUT2D eigenvalue weighted by Gasteiger charge is -2.10. The van der Waals surface area contributed by atoms with Crippen LogP contribution in [-0.4, -0.2) is 20.6 Å². The predicted octanol–water partition coefficient (Wildman–Crippen LogP) is 3.95. The van der Waals surface area contributed by atoms with E-state index in [2.05, 4.69) is 19.4 Å². The number of rotatable bonds is 4. The van der Waals surface area contributed by atoms with Gasteiger partial charge in [0.2, 0.25) is 5.91 Å². The third-order valence-corrected chi connectivity index (χ3v) is 4.22. The number of carbonyl (C=O) groups excluding carboxylic acids is 2. The first-order valence-electron chi connectivity index (χ1n) is 7.20. The normalized spacial score (nSPS) is 10.6. The molecule has 2 N–H and O–H groups in total. The van der Waals surface area contributed by atoms with E-state index in [0.29, 0.717) is 33.9 Å². The van der Waals surface area contributed by atoms with Gasteiger partial charge in [-0.1, -0.05) is 18.5 Å². The molecule has 1 heterocycles. The minimum atomic E-state index is -0.314. The van der Waals surface area contributed by atoms with Crippen molar-refractivity contribution in [1.29, 1.82) is 0 Å². The van der Waals surface area contributed by atoms with E-state index in [1.54, 1.807) is 43.3 Å². The molecule has 0 unspecified atom stereocenters. The van der Waals surface area contributed by atoms with Crippen molar-refractivity contribution >= 4 is 57.6 Å². The third-order valence-electron chi connectivity index (χ3n) is 3.34. The van der Waals surface area contributed by atoms with Crippen LogP contribution in [0.5, 0.6) is 0 Å². The fraction of sp³-hybridized carbons (Fsp3) is 0.125. The molecule has 0 aliphatic heterocycles. The summed E-state index contributed by atoms with van der Waals surface area (Å²) in [5.41, 5.74) is 2.86. The number of nitrogens with one attached hydrogen (secondary N) is 2. The molecule has 1 aromatic heterocycles. The lowest BCUT2D eigenvalue weighted by Crippen LogP contribution is -2.13. The zero-order valence-electron chi connectivity index (χ0n) is 12.7. The highest BCUT2D eigenvalue weighted by Crippen LogP contribution is 2.26. The van der Waals surface area contributed by atoms with Gasteiger partial charge in [-0.2, -0.15) is 8.75 Å². The summed E-state index contributed by atoms with van der Waals surface area (Å²) >= 11 is 7.22. The highest BCUT2D eigenvalue weighted by Gasteiger charge is 2.11. The van der Waals surface area contributed by atoms with Gasteiger partial charge in [0.05, 0.1) is 22.4 Å². The molecule has 0 bridgehead atoms. The Morgan fingerprint density at radius 1 is 1.08 bits per heavy atom. The summed E-state index contributed by atoms with van der Waals surface area (Å²) in [6.45, 7) is 1.76. The summed E-state index contributed by atoms with van der Waals surface area (Å²) in [4.78, 5) is 23.9. The van der Waals surface area contributed by atoms with Crippen LogP contribution in [0.25, 0.3) is 11.0 Å². The molecule has 0 saturated heterocycles. The Morgan fingerprint density at radius 2 is 1.88 bits per heavy atom. The smallest absolute Gasteiger partial charge is 0.255 e. The molecular weight excluding hydrogens is 348 g/mol. The highest BCUT2D eigenvalue weighted by molar-refractivity contribution is 7.00. The molecule has 0 fully saturated rings. The van der Waals surface area contributed by atoms with Crippen LogP contribution < -0.4 is 10.6 Å². The summed E-state index contributed by atoms with van der Waals surface area (Å²) in [7, 11) is 0. The summed E-state index contributed by atoms with van der Waals surface area (Å²) in [5, 5.41) is 5.86. The van der Waals surface area contributed by atoms with Crippen LogP contribution in [0.15, 0.2) is 36.4 Å². The maximum absolute atomic E-state index is 12.4. The molecule has 0 atom stereocenters. The fourth-order valence-corrected chi connectivity index (χ4v) is 2.75. The lowest BCUT2D eigenvalue weighted by molar-refractivity contribution is -0.115. The Hall–Kier alpha value is -2.51. The van der Waals surface area contributed by atoms with Crippen molar-refractivity contribution in [1.82, 2.24) is 8.75 Å². The van der Waals surface area contributed by atoms with Gasteiger partial charge in [-0.05, 0) is 36.4 Å². The number of nitrogens with zero attached hydrogens (tertiary/aromatic N) is 2. The van der Waals surface area contributed by atoms with Crippen molar-refractivity contribution < 1.29 is 9.59 Å². The summed E-state index contributed by atoms with van der Waals surface area (Å²) in [6.07, 6.45) is 0.367. The summed E-state index contributed by atoms with van der Waals surface area (Å²) < 4.78 is 8.22. The van der Waals surface area contributed by atoms with E-state index in [-0.39, 0.29) is 11.8 Å². The number of carbonyl (C=O) groups is 2. The highest BCUT2D eigenvalue weighted by atomic mass is 35.5. The maximum atomic E-state index is 12.4. The third kappa shape index (κ3) is 3.52. The molecule has 8 heteroatoms. The SMILES string of the molecule is CCC(=O)Nc1ccc(Cl)c(NC(=O)c2ccc3nsnc3c2)c1. The minimum Gasteiger partial charge on any atom is -0.326 e. The quantitative estimate of drug-likeness (QED) is 0.738. The summed E-state index contributed by atoms with van der Waals surface area (Å²) in [5.74, 6) is -0.429. The van der Waals surface area contributed by atoms with Crippen molar-refractivity contribution in [2.45, 2.75) is 13.3 Å². The van der Waals surface area contributed by atoms with E-state index in [9.17, 15) is 9.59 Å². The molecule has 3 rings (SSSR count). The van der Waals surface area contributed by atoms with Gasteiger partial charge in [-0.3, -0.25) is 9.59 Å². The van der Waals surface area contributed by atoms with Crippen molar-refractivity contribution in [2.75, 3.05) is 10.6 Å². The molecule has 6 nitrogen and oxygen atoms in total. The molecule has 2 amide bonds. The van der Waals surface area contributed by atoms with Gasteiger partial charge >= 0.3 is 0 Å². The molecule has 2 aromatic carbocycles. The number of fused-ring (bicyclic) bond motifs is 1. The van der Waals surface area contributed by atoms with Crippen LogP contribution in [0.2, 0.25) is 5.02 Å². The van der Waals surface area contributed by atoms with Gasteiger partial charge in [-0.15, -0.1) is 0 Å². The van der Waals surface area contributed by atoms with Gasteiger partial charge in [0, 0.05) is 17.7 Å². The Morgan fingerprint density at radius 3 is 2.67 bits per heavy atom. The predicted molar refractivity (Wildman–Crippen MR) is 95.7 cm³/mol. The first-order chi connectivity index (χ1) is 11.6.